The van der Waals surface area contributed by atoms with Crippen molar-refractivity contribution in [3.8, 4) is 0 Å². The average Bonchev–Trinajstić information content (AvgIpc) is 2.76. The van der Waals surface area contributed by atoms with E-state index in [0.717, 1.165) is 36.1 Å². The molecule has 0 aliphatic carbocycles. The summed E-state index contributed by atoms with van der Waals surface area (Å²) in [4.78, 5) is 4.56. The molecule has 0 aliphatic heterocycles. The summed E-state index contributed by atoms with van der Waals surface area (Å²) in [6, 6.07) is 8.22. The van der Waals surface area contributed by atoms with Gasteiger partial charge in [0.25, 0.3) is 0 Å². The highest BCUT2D eigenvalue weighted by Gasteiger charge is 2.13. The highest BCUT2D eigenvalue weighted by molar-refractivity contribution is 5.46. The smallest absolute Gasteiger partial charge is 0.128 e. The van der Waals surface area contributed by atoms with Gasteiger partial charge in [-0.05, 0) is 45.4 Å². The summed E-state index contributed by atoms with van der Waals surface area (Å²) in [5.74, 6) is 3.68. The van der Waals surface area contributed by atoms with E-state index in [2.05, 4.69) is 35.5 Å². The number of nitrogens with zero attached hydrogens (tertiary/aromatic N) is 1. The number of pyridine rings is 1. The highest BCUT2D eigenvalue weighted by atomic mass is 16.3. The molecule has 2 rings (SSSR count). The molecule has 2 aromatic heterocycles. The van der Waals surface area contributed by atoms with Gasteiger partial charge in [-0.15, -0.1) is 0 Å². The zero-order valence-corrected chi connectivity index (χ0v) is 12.7. The molecule has 0 aromatic carbocycles. The van der Waals surface area contributed by atoms with Crippen LogP contribution in [0, 0.1) is 13.8 Å². The molecule has 2 aromatic rings. The van der Waals surface area contributed by atoms with Crippen LogP contribution >= 0.6 is 0 Å². The molecule has 0 amide bonds. The minimum absolute atomic E-state index is 0.168. The van der Waals surface area contributed by atoms with E-state index in [0.29, 0.717) is 0 Å². The molecule has 108 valence electrons. The second kappa shape index (κ2) is 6.46. The Labute approximate surface area is 120 Å². The minimum Gasteiger partial charge on any atom is -0.466 e. The molecule has 1 unspecified atom stereocenters. The number of aryl methyl sites for hydroxylation is 2. The lowest BCUT2D eigenvalue weighted by molar-refractivity contribution is 0.500. The normalized spacial score (nSPS) is 12.2. The lowest BCUT2D eigenvalue weighted by Crippen LogP contribution is -2.09. The summed E-state index contributed by atoms with van der Waals surface area (Å²) >= 11 is 0. The fourth-order valence-corrected chi connectivity index (χ4v) is 2.25. The first-order valence-electron chi connectivity index (χ1n) is 7.14. The zero-order valence-electron chi connectivity index (χ0n) is 12.7. The third kappa shape index (κ3) is 3.53. The molecule has 0 spiro atoms. The van der Waals surface area contributed by atoms with Gasteiger partial charge in [-0.1, -0.05) is 13.0 Å². The number of furan rings is 1. The molecule has 2 N–H and O–H groups in total. The van der Waals surface area contributed by atoms with Gasteiger partial charge in [-0.3, -0.25) is 0 Å². The van der Waals surface area contributed by atoms with E-state index < -0.39 is 0 Å². The van der Waals surface area contributed by atoms with Crippen LogP contribution in [-0.2, 0) is 0 Å². The molecule has 4 nitrogen and oxygen atoms in total. The van der Waals surface area contributed by atoms with Crippen molar-refractivity contribution < 1.29 is 4.42 Å². The highest BCUT2D eigenvalue weighted by Crippen LogP contribution is 2.24. The van der Waals surface area contributed by atoms with E-state index in [1.54, 1.807) is 0 Å². The van der Waals surface area contributed by atoms with Crippen LogP contribution in [0.15, 0.2) is 28.7 Å². The molecule has 0 saturated carbocycles. The van der Waals surface area contributed by atoms with Crippen molar-refractivity contribution in [3.05, 3.63) is 41.3 Å². The van der Waals surface area contributed by atoms with Gasteiger partial charge in [0.2, 0.25) is 0 Å². The van der Waals surface area contributed by atoms with Crippen molar-refractivity contribution in [3.63, 3.8) is 0 Å². The summed E-state index contributed by atoms with van der Waals surface area (Å²) in [6.07, 6.45) is 1.09. The maximum atomic E-state index is 5.58. The molecular weight excluding hydrogens is 250 g/mol. The molecule has 0 aliphatic rings. The van der Waals surface area contributed by atoms with Crippen molar-refractivity contribution in [2.45, 2.75) is 40.2 Å². The summed E-state index contributed by atoms with van der Waals surface area (Å²) in [6.45, 7) is 9.16. The minimum atomic E-state index is 0.168. The van der Waals surface area contributed by atoms with Crippen LogP contribution in [0.2, 0.25) is 0 Å². The topological polar surface area (TPSA) is 50.1 Å². The predicted molar refractivity (Wildman–Crippen MR) is 83.2 cm³/mol. The largest absolute Gasteiger partial charge is 0.466 e. The van der Waals surface area contributed by atoms with Crippen LogP contribution in [0.25, 0.3) is 0 Å². The van der Waals surface area contributed by atoms with Crippen molar-refractivity contribution in [2.75, 3.05) is 17.2 Å². The van der Waals surface area contributed by atoms with Crippen molar-refractivity contribution in [1.29, 1.82) is 0 Å². The van der Waals surface area contributed by atoms with E-state index in [-0.39, 0.29) is 6.04 Å². The van der Waals surface area contributed by atoms with E-state index in [4.69, 9.17) is 4.42 Å². The number of rotatable bonds is 6. The summed E-state index contributed by atoms with van der Waals surface area (Å²) < 4.78 is 5.58. The van der Waals surface area contributed by atoms with Crippen LogP contribution < -0.4 is 10.6 Å². The Morgan fingerprint density at radius 3 is 2.65 bits per heavy atom. The number of anilines is 2. The van der Waals surface area contributed by atoms with Crippen molar-refractivity contribution >= 4 is 11.6 Å². The molecule has 0 radical (unpaired) electrons. The van der Waals surface area contributed by atoms with Crippen molar-refractivity contribution in [2.24, 2.45) is 0 Å². The Bertz CT molecular complexity index is 563. The molecule has 0 fully saturated rings. The predicted octanol–water partition coefficient (Wildman–Crippen LogP) is 4.29. The summed E-state index contributed by atoms with van der Waals surface area (Å²) in [5.41, 5.74) is 1.18. The third-order valence-electron chi connectivity index (χ3n) is 3.22. The molecule has 4 heteroatoms. The number of hydrogen-bond acceptors (Lipinski definition) is 4. The fraction of sp³-hybridized carbons (Fsp3) is 0.438. The summed E-state index contributed by atoms with van der Waals surface area (Å²) in [7, 11) is 0. The third-order valence-corrected chi connectivity index (χ3v) is 3.22. The maximum Gasteiger partial charge on any atom is 0.128 e. The molecular formula is C16H23N3O. The maximum absolute atomic E-state index is 5.58. The van der Waals surface area contributed by atoms with Gasteiger partial charge in [0, 0.05) is 12.1 Å². The summed E-state index contributed by atoms with van der Waals surface area (Å²) in [5, 5.41) is 6.71. The number of aromatic nitrogens is 1. The standard InChI is InChI=1S/C16H23N3O/c1-5-9-17-15-7-6-8-16(19-15)18-12(3)14-10-11(2)20-13(14)4/h6-8,10,12H,5,9H2,1-4H3,(H2,17,18,19). The second-order valence-electron chi connectivity index (χ2n) is 5.07. The Balaban J connectivity index is 2.07. The van der Waals surface area contributed by atoms with Gasteiger partial charge in [0.05, 0.1) is 6.04 Å². The lowest BCUT2D eigenvalue weighted by atomic mass is 10.1. The van der Waals surface area contributed by atoms with Gasteiger partial charge >= 0.3 is 0 Å². The Morgan fingerprint density at radius 1 is 1.25 bits per heavy atom. The first-order valence-corrected chi connectivity index (χ1v) is 7.14. The van der Waals surface area contributed by atoms with Crippen LogP contribution in [0.3, 0.4) is 0 Å². The monoisotopic (exact) mass is 273 g/mol. The number of hydrogen-bond donors (Lipinski definition) is 2. The zero-order chi connectivity index (χ0) is 14.5. The molecule has 20 heavy (non-hydrogen) atoms. The quantitative estimate of drug-likeness (QED) is 0.824. The number of nitrogens with one attached hydrogen (secondary N) is 2. The van der Waals surface area contributed by atoms with Gasteiger partial charge in [-0.2, -0.15) is 0 Å². The van der Waals surface area contributed by atoms with Crippen LogP contribution in [0.1, 0.15) is 43.4 Å². The van der Waals surface area contributed by atoms with Crippen LogP contribution in [0.4, 0.5) is 11.6 Å². The van der Waals surface area contributed by atoms with E-state index in [1.165, 1.54) is 5.56 Å². The van der Waals surface area contributed by atoms with Gasteiger partial charge in [0.1, 0.15) is 23.2 Å². The van der Waals surface area contributed by atoms with Crippen LogP contribution in [-0.4, -0.2) is 11.5 Å². The second-order valence-corrected chi connectivity index (χ2v) is 5.07. The van der Waals surface area contributed by atoms with E-state index in [9.17, 15) is 0 Å². The van der Waals surface area contributed by atoms with Gasteiger partial charge < -0.3 is 15.1 Å². The first-order chi connectivity index (χ1) is 9.60. The van der Waals surface area contributed by atoms with Crippen LogP contribution in [0.5, 0.6) is 0 Å². The van der Waals surface area contributed by atoms with E-state index >= 15 is 0 Å². The molecule has 2 heterocycles. The fourth-order valence-electron chi connectivity index (χ4n) is 2.25. The average molecular weight is 273 g/mol. The lowest BCUT2D eigenvalue weighted by Gasteiger charge is -2.14. The van der Waals surface area contributed by atoms with E-state index in [1.807, 2.05) is 32.0 Å². The molecule has 0 saturated heterocycles. The first kappa shape index (κ1) is 14.4. The Morgan fingerprint density at radius 2 is 2.00 bits per heavy atom. The van der Waals surface area contributed by atoms with Gasteiger partial charge in [0.15, 0.2) is 0 Å². The SMILES string of the molecule is CCCNc1cccc(NC(C)c2cc(C)oc2C)n1. The van der Waals surface area contributed by atoms with Crippen molar-refractivity contribution in [1.82, 2.24) is 4.98 Å². The molecule has 1 atom stereocenters. The molecule has 0 bridgehead atoms. The Hall–Kier alpha value is -1.97. The Kier molecular flexibility index (Phi) is 4.66. The van der Waals surface area contributed by atoms with Gasteiger partial charge in [-0.25, -0.2) is 4.98 Å².